The molecule has 30 heavy (non-hydrogen) atoms. The van der Waals surface area contributed by atoms with Crippen molar-refractivity contribution >= 4 is 116 Å². The first-order valence-electron chi connectivity index (χ1n) is 7.76. The second-order valence-electron chi connectivity index (χ2n) is 5.94. The summed E-state index contributed by atoms with van der Waals surface area (Å²) in [6.07, 6.45) is 1.16. The maximum absolute atomic E-state index is 12.6. The van der Waals surface area contributed by atoms with E-state index in [1.807, 2.05) is 0 Å². The molecule has 0 fully saturated rings. The first-order valence-corrected chi connectivity index (χ1v) is 8.14. The molecule has 0 atom stereocenters. The molecular weight excluding hydrogens is 393 g/mol. The van der Waals surface area contributed by atoms with Gasteiger partial charge in [-0.2, -0.15) is 0 Å². The van der Waals surface area contributed by atoms with Crippen molar-refractivity contribution in [3.05, 3.63) is 23.0 Å². The maximum atomic E-state index is 12.6. The summed E-state index contributed by atoms with van der Waals surface area (Å²) in [6, 6.07) is 1.23. The molecule has 1 heterocycles. The number of nitrogens with zero attached hydrogens (tertiary/aromatic N) is 2. The van der Waals surface area contributed by atoms with Gasteiger partial charge in [0, 0.05) is 22.1 Å². The molecule has 6 nitrogen and oxygen atoms in total. The first-order chi connectivity index (χ1) is 13.9. The number of rotatable bonds is 5. The molecule has 0 N–H and O–H groups in total. The number of aromatic nitrogens is 1. The van der Waals surface area contributed by atoms with Gasteiger partial charge >= 0.3 is 16.1 Å². The standard InChI is InChI=1S/C14H2B9ClN2O4/c15-6-5(7(16)10(24)9(18)8(6)17)3-1-4(29-22)11(25-2-3)12(27)26(21)14(19,20)13(28)30-23/h1-2H. The summed E-state index contributed by atoms with van der Waals surface area (Å²) in [4.78, 5) is 28.2. The van der Waals surface area contributed by atoms with Gasteiger partial charge in [0.2, 0.25) is 7.98 Å². The zero-order valence-corrected chi connectivity index (χ0v) is 16.0. The fourth-order valence-electron chi connectivity index (χ4n) is 2.42. The monoisotopic (exact) mass is 396 g/mol. The molecule has 0 spiro atoms. The quantitative estimate of drug-likeness (QED) is 0.476. The number of benzene rings is 1. The number of hydrogen-bond donors (Lipinski definition) is 0. The predicted octanol–water partition coefficient (Wildman–Crippen LogP) is -4.82. The van der Waals surface area contributed by atoms with E-state index in [2.05, 4.69) is 14.3 Å². The van der Waals surface area contributed by atoms with Crippen LogP contribution < -0.4 is 26.5 Å². The van der Waals surface area contributed by atoms with Crippen molar-refractivity contribution in [1.29, 1.82) is 0 Å². The van der Waals surface area contributed by atoms with E-state index in [1.165, 1.54) is 6.07 Å². The number of amides is 1. The molecule has 0 saturated carbocycles. The summed E-state index contributed by atoms with van der Waals surface area (Å²) in [5.41, 5.74) is -0.0963. The van der Waals surface area contributed by atoms with Crippen LogP contribution in [0.5, 0.6) is 5.75 Å². The normalized spacial score (nSPS) is 11.0. The van der Waals surface area contributed by atoms with Crippen LogP contribution in [0.2, 0.25) is 5.02 Å². The summed E-state index contributed by atoms with van der Waals surface area (Å²) in [5, 5.41) is -2.65. The van der Waals surface area contributed by atoms with E-state index in [9.17, 15) is 9.59 Å². The van der Waals surface area contributed by atoms with Crippen LogP contribution in [0.4, 0.5) is 0 Å². The Bertz CT molecular complexity index is 1010. The Morgan fingerprint density at radius 2 is 1.63 bits per heavy atom. The molecule has 1 amide bonds. The molecule has 0 unspecified atom stereocenters. The average molecular weight is 395 g/mol. The summed E-state index contributed by atoms with van der Waals surface area (Å²) in [7, 11) is 50.0. The maximum Gasteiger partial charge on any atom is 0.378 e. The third-order valence-corrected chi connectivity index (χ3v) is 4.52. The van der Waals surface area contributed by atoms with Gasteiger partial charge in [0.1, 0.15) is 52.8 Å². The van der Waals surface area contributed by atoms with Gasteiger partial charge in [-0.25, -0.2) is 4.98 Å². The second-order valence-corrected chi connectivity index (χ2v) is 6.32. The van der Waals surface area contributed by atoms with Crippen LogP contribution in [0, 0.1) is 0 Å². The predicted molar refractivity (Wildman–Crippen MR) is 121 cm³/mol. The van der Waals surface area contributed by atoms with Gasteiger partial charge in [-0.3, -0.25) is 9.59 Å². The Kier molecular flexibility index (Phi) is 7.28. The van der Waals surface area contributed by atoms with E-state index in [0.717, 1.165) is 6.20 Å². The minimum atomic E-state index is -2.62. The van der Waals surface area contributed by atoms with Gasteiger partial charge < -0.3 is 14.1 Å². The fraction of sp³-hybridized carbons (Fsp3) is 0.0714. The molecule has 18 radical (unpaired) electrons. The molecule has 2 aromatic rings. The van der Waals surface area contributed by atoms with E-state index in [0.29, 0.717) is 0 Å². The lowest BCUT2D eigenvalue weighted by Crippen LogP contribution is -2.58. The number of halogens is 1. The Hall–Kier alpha value is -2.02. The highest BCUT2D eigenvalue weighted by molar-refractivity contribution is 6.66. The van der Waals surface area contributed by atoms with E-state index < -0.39 is 22.9 Å². The van der Waals surface area contributed by atoms with Crippen molar-refractivity contribution in [3.63, 3.8) is 0 Å². The van der Waals surface area contributed by atoms with E-state index in [4.69, 9.17) is 82.8 Å². The Balaban J connectivity index is 2.59. The lowest BCUT2D eigenvalue weighted by atomic mass is 9.59. The van der Waals surface area contributed by atoms with Crippen LogP contribution in [-0.4, -0.2) is 98.2 Å². The van der Waals surface area contributed by atoms with Crippen LogP contribution >= 0.6 is 11.6 Å². The van der Waals surface area contributed by atoms with Gasteiger partial charge in [-0.15, -0.1) is 5.46 Å². The van der Waals surface area contributed by atoms with Gasteiger partial charge in [0.15, 0.2) is 5.69 Å². The van der Waals surface area contributed by atoms with Crippen molar-refractivity contribution in [3.8, 4) is 16.9 Å². The third-order valence-electron chi connectivity index (χ3n) is 4.11. The molecule has 0 aliphatic heterocycles. The van der Waals surface area contributed by atoms with Crippen LogP contribution in [0.15, 0.2) is 12.3 Å². The van der Waals surface area contributed by atoms with Gasteiger partial charge in [-0.05, 0) is 11.6 Å². The van der Waals surface area contributed by atoms with Gasteiger partial charge in [0.25, 0.3) is 11.9 Å². The summed E-state index contributed by atoms with van der Waals surface area (Å²) < 4.78 is 8.60. The number of pyridine rings is 1. The number of carbonyl (C=O) groups excluding carboxylic acids is 2. The topological polar surface area (TPSA) is 68.7 Å². The largest absolute Gasteiger partial charge is 0.566 e. The van der Waals surface area contributed by atoms with Crippen LogP contribution in [-0.2, 0) is 9.45 Å². The lowest BCUT2D eigenvalue weighted by Gasteiger charge is -2.35. The van der Waals surface area contributed by atoms with Gasteiger partial charge in [-0.1, -0.05) is 28.0 Å². The zero-order valence-electron chi connectivity index (χ0n) is 15.3. The lowest BCUT2D eigenvalue weighted by molar-refractivity contribution is -0.136. The van der Waals surface area contributed by atoms with Crippen molar-refractivity contribution in [2.45, 2.75) is 5.34 Å². The van der Waals surface area contributed by atoms with Crippen molar-refractivity contribution in [2.24, 2.45) is 0 Å². The van der Waals surface area contributed by atoms with Crippen molar-refractivity contribution in [2.75, 3.05) is 0 Å². The van der Waals surface area contributed by atoms with E-state index >= 15 is 0 Å². The first kappa shape index (κ1) is 24.3. The molecular formula is C14H2B9ClN2O4. The van der Waals surface area contributed by atoms with Crippen LogP contribution in [0.1, 0.15) is 10.5 Å². The molecule has 0 bridgehead atoms. The molecule has 2 rings (SSSR count). The zero-order chi connectivity index (χ0) is 23.0. The number of hydrogen-bond acceptors (Lipinski definition) is 5. The Morgan fingerprint density at radius 3 is 2.17 bits per heavy atom. The smallest absolute Gasteiger partial charge is 0.378 e. The summed E-state index contributed by atoms with van der Waals surface area (Å²) in [5.74, 6) is -2.87. The third kappa shape index (κ3) is 4.09. The molecule has 0 aliphatic carbocycles. The SMILES string of the molecule is [B]OC(=O)C([B])([B])N([B])C(=O)c1ncc(-c2c([B])c([B])c([B])c(Cl)c2[B])cc1O[B]. The van der Waals surface area contributed by atoms with Crippen LogP contribution in [0.25, 0.3) is 11.1 Å². The summed E-state index contributed by atoms with van der Waals surface area (Å²) >= 11 is 6.08. The van der Waals surface area contributed by atoms with Crippen molar-refractivity contribution in [1.82, 2.24) is 9.79 Å². The van der Waals surface area contributed by atoms with E-state index in [-0.39, 0.29) is 48.6 Å². The van der Waals surface area contributed by atoms with Crippen molar-refractivity contribution < 1.29 is 18.9 Å². The second kappa shape index (κ2) is 9.00. The molecule has 1 aromatic carbocycles. The molecule has 126 valence electrons. The average Bonchev–Trinajstić information content (AvgIpc) is 2.74. The minimum absolute atomic E-state index is 0.00112. The van der Waals surface area contributed by atoms with Crippen LogP contribution in [0.3, 0.4) is 0 Å². The Labute approximate surface area is 190 Å². The molecule has 0 saturated heterocycles. The highest BCUT2D eigenvalue weighted by atomic mass is 35.5. The minimum Gasteiger partial charge on any atom is -0.566 e. The molecule has 16 heteroatoms. The Morgan fingerprint density at radius 1 is 1.03 bits per heavy atom. The molecule has 1 aromatic heterocycles. The van der Waals surface area contributed by atoms with Gasteiger partial charge in [0.05, 0.1) is 0 Å². The highest BCUT2D eigenvalue weighted by Crippen LogP contribution is 2.25. The molecule has 0 aliphatic rings. The summed E-state index contributed by atoms with van der Waals surface area (Å²) in [6.45, 7) is 0. The van der Waals surface area contributed by atoms with E-state index in [1.54, 1.807) is 0 Å². The fourth-order valence-corrected chi connectivity index (χ4v) is 2.61. The highest BCUT2D eigenvalue weighted by Gasteiger charge is 2.35. The number of carbonyl (C=O) groups is 2.